The summed E-state index contributed by atoms with van der Waals surface area (Å²) in [5.74, 6) is -0.631. The van der Waals surface area contributed by atoms with Crippen molar-refractivity contribution in [1.82, 2.24) is 0 Å². The standard InChI is InChI=1S/C24H27I2NO4/c1-14-21(23(2,3)30)20(10-11-28)31-24(14)18-12-17(26)8-9-19(18)27(22(24)29)13-15-4-6-16(25)7-5-15/h4-9,12,14,20-21,28,30H,10-11,13H2,1-3H3/t14-,20+,21-,24+/m0/s1. The van der Waals surface area contributed by atoms with E-state index in [-0.39, 0.29) is 24.3 Å². The molecule has 2 aliphatic rings. The molecule has 0 bridgehead atoms. The highest BCUT2D eigenvalue weighted by atomic mass is 127. The summed E-state index contributed by atoms with van der Waals surface area (Å²) >= 11 is 4.53. The fourth-order valence-electron chi connectivity index (χ4n) is 5.38. The Morgan fingerprint density at radius 2 is 1.77 bits per heavy atom. The van der Waals surface area contributed by atoms with Crippen LogP contribution in [-0.2, 0) is 21.7 Å². The summed E-state index contributed by atoms with van der Waals surface area (Å²) in [7, 11) is 0. The second kappa shape index (κ2) is 8.55. The van der Waals surface area contributed by atoms with Gasteiger partial charge >= 0.3 is 0 Å². The van der Waals surface area contributed by atoms with Crippen LogP contribution in [0.25, 0.3) is 0 Å². The first-order valence-electron chi connectivity index (χ1n) is 10.5. The highest BCUT2D eigenvalue weighted by Gasteiger charge is 2.65. The van der Waals surface area contributed by atoms with Crippen LogP contribution in [0.2, 0.25) is 0 Å². The monoisotopic (exact) mass is 647 g/mol. The number of fused-ring (bicyclic) bond motifs is 2. The van der Waals surface area contributed by atoms with Crippen LogP contribution in [0.15, 0.2) is 42.5 Å². The first-order chi connectivity index (χ1) is 14.6. The maximum atomic E-state index is 14.1. The van der Waals surface area contributed by atoms with Gasteiger partial charge in [-0.15, -0.1) is 0 Å². The summed E-state index contributed by atoms with van der Waals surface area (Å²) in [6.07, 6.45) is -0.0300. The van der Waals surface area contributed by atoms with Gasteiger partial charge in [-0.25, -0.2) is 0 Å². The smallest absolute Gasteiger partial charge is 0.264 e. The fourth-order valence-corrected chi connectivity index (χ4v) is 6.23. The number of aliphatic hydroxyl groups excluding tert-OH is 1. The number of halogens is 2. The Hall–Kier alpha value is -0.750. The van der Waals surface area contributed by atoms with Crippen LogP contribution in [0.4, 0.5) is 5.69 Å². The van der Waals surface area contributed by atoms with E-state index in [1.165, 1.54) is 0 Å². The van der Waals surface area contributed by atoms with E-state index in [4.69, 9.17) is 4.74 Å². The Morgan fingerprint density at radius 3 is 2.39 bits per heavy atom. The zero-order chi connectivity index (χ0) is 22.6. The molecule has 1 amide bonds. The van der Waals surface area contributed by atoms with Gasteiger partial charge in [0.15, 0.2) is 5.60 Å². The van der Waals surface area contributed by atoms with Crippen LogP contribution < -0.4 is 4.90 Å². The molecule has 1 spiro atoms. The van der Waals surface area contributed by atoms with Gasteiger partial charge in [-0.3, -0.25) is 4.79 Å². The topological polar surface area (TPSA) is 70.0 Å². The molecule has 31 heavy (non-hydrogen) atoms. The van der Waals surface area contributed by atoms with E-state index in [0.717, 1.165) is 24.0 Å². The highest BCUT2D eigenvalue weighted by molar-refractivity contribution is 14.1. The molecule has 4 atom stereocenters. The van der Waals surface area contributed by atoms with Crippen LogP contribution in [0, 0.1) is 19.0 Å². The molecule has 5 nitrogen and oxygen atoms in total. The molecule has 166 valence electrons. The third-order valence-corrected chi connectivity index (χ3v) is 8.00. The molecule has 2 aliphatic heterocycles. The Morgan fingerprint density at radius 1 is 1.13 bits per heavy atom. The van der Waals surface area contributed by atoms with Crippen molar-refractivity contribution >= 4 is 56.8 Å². The third-order valence-electron chi connectivity index (χ3n) is 6.61. The largest absolute Gasteiger partial charge is 0.396 e. The number of benzene rings is 2. The summed E-state index contributed by atoms with van der Waals surface area (Å²) in [4.78, 5) is 15.9. The van der Waals surface area contributed by atoms with Gasteiger partial charge in [0.25, 0.3) is 5.91 Å². The lowest BCUT2D eigenvalue weighted by Crippen LogP contribution is -2.46. The summed E-state index contributed by atoms with van der Waals surface area (Å²) in [5, 5.41) is 20.6. The average molecular weight is 647 g/mol. The lowest BCUT2D eigenvalue weighted by molar-refractivity contribution is -0.146. The molecule has 4 rings (SSSR count). The third kappa shape index (κ3) is 3.94. The number of nitrogens with zero attached hydrogens (tertiary/aromatic N) is 1. The number of carbonyl (C=O) groups excluding carboxylic acids is 1. The van der Waals surface area contributed by atoms with E-state index < -0.39 is 17.3 Å². The normalized spacial score (nSPS) is 27.9. The van der Waals surface area contributed by atoms with Crippen LogP contribution in [0.3, 0.4) is 0 Å². The molecule has 2 aromatic carbocycles. The highest BCUT2D eigenvalue weighted by Crippen LogP contribution is 2.58. The molecule has 0 aliphatic carbocycles. The second-order valence-corrected chi connectivity index (χ2v) is 11.5. The van der Waals surface area contributed by atoms with Crippen molar-refractivity contribution in [2.75, 3.05) is 11.5 Å². The first kappa shape index (κ1) is 23.4. The van der Waals surface area contributed by atoms with Gasteiger partial charge in [0.2, 0.25) is 0 Å². The maximum Gasteiger partial charge on any atom is 0.264 e. The maximum absolute atomic E-state index is 14.1. The molecule has 2 N–H and O–H groups in total. The first-order valence-corrected chi connectivity index (χ1v) is 12.6. The Bertz CT molecular complexity index is 988. The molecule has 0 unspecified atom stereocenters. The van der Waals surface area contributed by atoms with Crippen molar-refractivity contribution in [3.8, 4) is 0 Å². The van der Waals surface area contributed by atoms with Crippen LogP contribution >= 0.6 is 45.2 Å². The van der Waals surface area contributed by atoms with E-state index in [2.05, 4.69) is 45.2 Å². The average Bonchev–Trinajstić information content (AvgIpc) is 3.11. The molecule has 7 heteroatoms. The molecule has 2 aromatic rings. The number of carbonyl (C=O) groups is 1. The second-order valence-electron chi connectivity index (χ2n) is 9.05. The number of hydrogen-bond donors (Lipinski definition) is 2. The van der Waals surface area contributed by atoms with Gasteiger partial charge in [-0.1, -0.05) is 19.1 Å². The molecule has 0 radical (unpaired) electrons. The van der Waals surface area contributed by atoms with Crippen molar-refractivity contribution in [2.45, 2.75) is 51.0 Å². The van der Waals surface area contributed by atoms with E-state index in [9.17, 15) is 15.0 Å². The zero-order valence-corrected chi connectivity index (χ0v) is 22.1. The van der Waals surface area contributed by atoms with Gasteiger partial charge in [0.05, 0.1) is 23.9 Å². The predicted molar refractivity (Wildman–Crippen MR) is 137 cm³/mol. The lowest BCUT2D eigenvalue weighted by Gasteiger charge is -2.34. The fraction of sp³-hybridized carbons (Fsp3) is 0.458. The van der Waals surface area contributed by atoms with Crippen LogP contribution in [-0.4, -0.2) is 34.4 Å². The van der Waals surface area contributed by atoms with E-state index >= 15 is 0 Å². The molecular weight excluding hydrogens is 620 g/mol. The summed E-state index contributed by atoms with van der Waals surface area (Å²) in [5.41, 5.74) is 0.554. The van der Waals surface area contributed by atoms with Crippen molar-refractivity contribution in [1.29, 1.82) is 0 Å². The van der Waals surface area contributed by atoms with Gasteiger partial charge in [-0.2, -0.15) is 0 Å². The van der Waals surface area contributed by atoms with Crippen molar-refractivity contribution in [3.63, 3.8) is 0 Å². The van der Waals surface area contributed by atoms with Gasteiger partial charge in [-0.05, 0) is 101 Å². The number of hydrogen-bond acceptors (Lipinski definition) is 4. The van der Waals surface area contributed by atoms with E-state index in [0.29, 0.717) is 13.0 Å². The summed E-state index contributed by atoms with van der Waals surface area (Å²) in [6, 6.07) is 14.2. The Labute approximate surface area is 210 Å². The molecule has 1 fully saturated rings. The van der Waals surface area contributed by atoms with Crippen molar-refractivity contribution in [2.24, 2.45) is 11.8 Å². The number of amides is 1. The predicted octanol–water partition coefficient (Wildman–Crippen LogP) is 4.44. The number of ether oxygens (including phenoxy) is 1. The summed E-state index contributed by atoms with van der Waals surface area (Å²) in [6.45, 7) is 5.92. The Kier molecular flexibility index (Phi) is 6.46. The molecule has 0 saturated carbocycles. The molecule has 1 saturated heterocycles. The van der Waals surface area contributed by atoms with Gasteiger partial charge in [0, 0.05) is 31.1 Å². The Balaban J connectivity index is 1.82. The van der Waals surface area contributed by atoms with E-state index in [1.807, 2.05) is 54.3 Å². The minimum atomic E-state index is -1.16. The minimum Gasteiger partial charge on any atom is -0.396 e. The minimum absolute atomic E-state index is 0.0558. The van der Waals surface area contributed by atoms with E-state index in [1.54, 1.807) is 13.8 Å². The molecule has 2 heterocycles. The van der Waals surface area contributed by atoms with Gasteiger partial charge in [0.1, 0.15) is 0 Å². The zero-order valence-electron chi connectivity index (χ0n) is 17.8. The summed E-state index contributed by atoms with van der Waals surface area (Å²) < 4.78 is 8.74. The van der Waals surface area contributed by atoms with Crippen LogP contribution in [0.5, 0.6) is 0 Å². The SMILES string of the molecule is C[C@H]1[C@H](C(C)(C)O)[C@@H](CCO)O[C@]12C(=O)N(Cc1ccc(I)cc1)c1ccc(I)cc12. The van der Waals surface area contributed by atoms with Gasteiger partial charge < -0.3 is 19.8 Å². The number of anilines is 1. The number of rotatable bonds is 5. The molecular formula is C24H27I2NO4. The van der Waals surface area contributed by atoms with Crippen molar-refractivity contribution < 1.29 is 19.7 Å². The van der Waals surface area contributed by atoms with Crippen molar-refractivity contribution in [3.05, 3.63) is 60.7 Å². The lowest BCUT2D eigenvalue weighted by atomic mass is 9.71. The quantitative estimate of drug-likeness (QED) is 0.472. The molecule has 0 aromatic heterocycles. The number of aliphatic hydroxyl groups is 2. The van der Waals surface area contributed by atoms with Crippen LogP contribution in [0.1, 0.15) is 38.3 Å².